The van der Waals surface area contributed by atoms with Gasteiger partial charge in [0.25, 0.3) is 5.91 Å². The summed E-state index contributed by atoms with van der Waals surface area (Å²) in [6.45, 7) is 2.02. The Morgan fingerprint density at radius 2 is 1.91 bits per heavy atom. The number of H-pyrrole nitrogens is 1. The summed E-state index contributed by atoms with van der Waals surface area (Å²) in [6, 6.07) is 16.0. The van der Waals surface area contributed by atoms with Gasteiger partial charge in [-0.2, -0.15) is 5.10 Å². The van der Waals surface area contributed by atoms with Crippen molar-refractivity contribution in [1.29, 1.82) is 0 Å². The number of aromatic nitrogens is 2. The van der Waals surface area contributed by atoms with Gasteiger partial charge in [0.05, 0.1) is 5.69 Å². The van der Waals surface area contributed by atoms with Gasteiger partial charge in [-0.25, -0.2) is 0 Å². The highest BCUT2D eigenvalue weighted by molar-refractivity contribution is 6.03. The lowest BCUT2D eigenvalue weighted by atomic mass is 10.1. The second-order valence-corrected chi connectivity index (χ2v) is 5.04. The van der Waals surface area contributed by atoms with Crippen LogP contribution in [0.3, 0.4) is 0 Å². The summed E-state index contributed by atoms with van der Waals surface area (Å²) in [5, 5.41) is 19.0. The van der Waals surface area contributed by atoms with Crippen molar-refractivity contribution in [3.63, 3.8) is 0 Å². The van der Waals surface area contributed by atoms with Gasteiger partial charge in [0.1, 0.15) is 11.4 Å². The van der Waals surface area contributed by atoms with Gasteiger partial charge >= 0.3 is 0 Å². The second kappa shape index (κ2) is 5.73. The Bertz CT molecular complexity index is 807. The first-order valence-corrected chi connectivity index (χ1v) is 6.85. The Balaban J connectivity index is 1.78. The first kappa shape index (κ1) is 13.9. The molecule has 0 bridgehead atoms. The molecule has 0 fully saturated rings. The minimum atomic E-state index is -0.309. The molecule has 1 aromatic heterocycles. The average molecular weight is 293 g/mol. The van der Waals surface area contributed by atoms with E-state index in [0.717, 1.165) is 5.56 Å². The number of phenolic OH excluding ortho intramolecular Hbond substituents is 1. The van der Waals surface area contributed by atoms with Crippen molar-refractivity contribution in [3.05, 3.63) is 65.9 Å². The van der Waals surface area contributed by atoms with Crippen LogP contribution in [0.4, 0.5) is 5.69 Å². The smallest absolute Gasteiger partial charge is 0.273 e. The summed E-state index contributed by atoms with van der Waals surface area (Å²) >= 11 is 0. The molecule has 0 spiro atoms. The van der Waals surface area contributed by atoms with Crippen LogP contribution in [0.5, 0.6) is 5.75 Å². The lowest BCUT2D eigenvalue weighted by molar-refractivity contribution is 0.102. The van der Waals surface area contributed by atoms with Gasteiger partial charge in [0.15, 0.2) is 0 Å². The predicted molar refractivity (Wildman–Crippen MR) is 84.8 cm³/mol. The summed E-state index contributed by atoms with van der Waals surface area (Å²) in [6.07, 6.45) is 0. The number of aromatic amines is 1. The van der Waals surface area contributed by atoms with E-state index in [1.165, 1.54) is 11.6 Å². The lowest BCUT2D eigenvalue weighted by Crippen LogP contribution is -2.12. The van der Waals surface area contributed by atoms with E-state index in [4.69, 9.17) is 0 Å². The fourth-order valence-electron chi connectivity index (χ4n) is 2.09. The van der Waals surface area contributed by atoms with Crippen molar-refractivity contribution in [2.45, 2.75) is 6.92 Å². The first-order chi connectivity index (χ1) is 10.6. The number of rotatable bonds is 3. The first-order valence-electron chi connectivity index (χ1n) is 6.85. The number of hydrogen-bond donors (Lipinski definition) is 3. The van der Waals surface area contributed by atoms with E-state index in [2.05, 4.69) is 15.5 Å². The molecule has 1 amide bonds. The third kappa shape index (κ3) is 2.98. The minimum absolute atomic E-state index is 0.0998. The van der Waals surface area contributed by atoms with Crippen LogP contribution in [-0.2, 0) is 0 Å². The molecule has 3 N–H and O–H groups in total. The van der Waals surface area contributed by atoms with Gasteiger partial charge in [-0.1, -0.05) is 35.9 Å². The Morgan fingerprint density at radius 3 is 2.64 bits per heavy atom. The van der Waals surface area contributed by atoms with Crippen molar-refractivity contribution >= 4 is 11.6 Å². The van der Waals surface area contributed by atoms with Crippen LogP contribution in [-0.4, -0.2) is 21.2 Å². The van der Waals surface area contributed by atoms with Crippen LogP contribution in [0.25, 0.3) is 11.3 Å². The number of anilines is 1. The molecule has 5 nitrogen and oxygen atoms in total. The second-order valence-electron chi connectivity index (χ2n) is 5.04. The average Bonchev–Trinajstić information content (AvgIpc) is 2.98. The highest BCUT2D eigenvalue weighted by Crippen LogP contribution is 2.20. The standard InChI is InChI=1S/C17H15N3O2/c1-11-5-7-12(8-6-11)15-10-16(20-19-15)17(22)18-13-3-2-4-14(21)9-13/h2-10,21H,1H3,(H,18,22)(H,19,20). The van der Waals surface area contributed by atoms with E-state index >= 15 is 0 Å². The van der Waals surface area contributed by atoms with E-state index in [1.54, 1.807) is 24.3 Å². The summed E-state index contributed by atoms with van der Waals surface area (Å²) < 4.78 is 0. The van der Waals surface area contributed by atoms with Crippen LogP contribution in [0.15, 0.2) is 54.6 Å². The van der Waals surface area contributed by atoms with E-state index in [1.807, 2.05) is 31.2 Å². The van der Waals surface area contributed by atoms with E-state index < -0.39 is 0 Å². The van der Waals surface area contributed by atoms with Gasteiger partial charge < -0.3 is 10.4 Å². The van der Waals surface area contributed by atoms with Crippen LogP contribution < -0.4 is 5.32 Å². The third-order valence-corrected chi connectivity index (χ3v) is 3.27. The molecule has 3 aromatic rings. The zero-order chi connectivity index (χ0) is 15.5. The topological polar surface area (TPSA) is 78.0 Å². The molecule has 0 aliphatic heterocycles. The third-order valence-electron chi connectivity index (χ3n) is 3.27. The van der Waals surface area contributed by atoms with E-state index in [0.29, 0.717) is 17.1 Å². The van der Waals surface area contributed by atoms with Crippen LogP contribution >= 0.6 is 0 Å². The maximum atomic E-state index is 12.2. The fraction of sp³-hybridized carbons (Fsp3) is 0.0588. The summed E-state index contributed by atoms with van der Waals surface area (Å²) in [5.74, 6) is -0.209. The molecular weight excluding hydrogens is 278 g/mol. The number of hydrogen-bond acceptors (Lipinski definition) is 3. The molecule has 0 aliphatic rings. The lowest BCUT2D eigenvalue weighted by Gasteiger charge is -2.03. The number of benzene rings is 2. The molecular formula is C17H15N3O2. The summed E-state index contributed by atoms with van der Waals surface area (Å²) in [5.41, 5.74) is 3.70. The van der Waals surface area contributed by atoms with Gasteiger partial charge in [-0.3, -0.25) is 9.89 Å². The highest BCUT2D eigenvalue weighted by Gasteiger charge is 2.11. The quantitative estimate of drug-likeness (QED) is 0.693. The molecule has 0 saturated carbocycles. The van der Waals surface area contributed by atoms with Gasteiger partial charge in [-0.05, 0) is 25.1 Å². The van der Waals surface area contributed by atoms with Crippen molar-refractivity contribution < 1.29 is 9.90 Å². The number of carbonyl (C=O) groups excluding carboxylic acids is 1. The van der Waals surface area contributed by atoms with Gasteiger partial charge in [0, 0.05) is 17.3 Å². The Kier molecular flexibility index (Phi) is 3.62. The molecule has 2 aromatic carbocycles. The zero-order valence-electron chi connectivity index (χ0n) is 12.0. The van der Waals surface area contributed by atoms with Gasteiger partial charge in [-0.15, -0.1) is 0 Å². The maximum Gasteiger partial charge on any atom is 0.273 e. The number of aromatic hydroxyl groups is 1. The molecule has 0 radical (unpaired) electrons. The molecule has 1 heterocycles. The largest absolute Gasteiger partial charge is 0.508 e. The van der Waals surface area contributed by atoms with Crippen LogP contribution in [0.2, 0.25) is 0 Å². The Labute approximate surface area is 127 Å². The van der Waals surface area contributed by atoms with Crippen LogP contribution in [0, 0.1) is 6.92 Å². The summed E-state index contributed by atoms with van der Waals surface area (Å²) in [7, 11) is 0. The monoisotopic (exact) mass is 293 g/mol. The highest BCUT2D eigenvalue weighted by atomic mass is 16.3. The number of phenols is 1. The number of amides is 1. The number of carbonyl (C=O) groups is 1. The molecule has 22 heavy (non-hydrogen) atoms. The molecule has 110 valence electrons. The minimum Gasteiger partial charge on any atom is -0.508 e. The van der Waals surface area contributed by atoms with Crippen molar-refractivity contribution in [2.75, 3.05) is 5.32 Å². The molecule has 5 heteroatoms. The van der Waals surface area contributed by atoms with Crippen molar-refractivity contribution in [2.24, 2.45) is 0 Å². The molecule has 0 aliphatic carbocycles. The zero-order valence-corrected chi connectivity index (χ0v) is 12.0. The van der Waals surface area contributed by atoms with Gasteiger partial charge in [0.2, 0.25) is 0 Å². The Hall–Kier alpha value is -3.08. The predicted octanol–water partition coefficient (Wildman–Crippen LogP) is 3.34. The number of aryl methyl sites for hydroxylation is 1. The Morgan fingerprint density at radius 1 is 1.14 bits per heavy atom. The number of nitrogens with one attached hydrogen (secondary N) is 2. The SMILES string of the molecule is Cc1ccc(-c2cc(C(=O)Nc3cccc(O)c3)[nH]n2)cc1. The molecule has 0 unspecified atom stereocenters. The van der Waals surface area contributed by atoms with E-state index in [9.17, 15) is 9.90 Å². The summed E-state index contributed by atoms with van der Waals surface area (Å²) in [4.78, 5) is 12.2. The van der Waals surface area contributed by atoms with Crippen molar-refractivity contribution in [1.82, 2.24) is 10.2 Å². The number of nitrogens with zero attached hydrogens (tertiary/aromatic N) is 1. The van der Waals surface area contributed by atoms with E-state index in [-0.39, 0.29) is 11.7 Å². The maximum absolute atomic E-state index is 12.2. The molecule has 0 atom stereocenters. The molecule has 3 rings (SSSR count). The van der Waals surface area contributed by atoms with Crippen molar-refractivity contribution in [3.8, 4) is 17.0 Å². The molecule has 0 saturated heterocycles. The normalized spacial score (nSPS) is 10.4. The van der Waals surface area contributed by atoms with Crippen LogP contribution in [0.1, 0.15) is 16.1 Å². The fourth-order valence-corrected chi connectivity index (χ4v) is 2.09.